The normalized spacial score (nSPS) is 11.0. The van der Waals surface area contributed by atoms with Crippen molar-refractivity contribution < 1.29 is 14.3 Å². The van der Waals surface area contributed by atoms with E-state index in [0.29, 0.717) is 17.3 Å². The van der Waals surface area contributed by atoms with Crippen LogP contribution in [-0.4, -0.2) is 28.3 Å². The van der Waals surface area contributed by atoms with Crippen LogP contribution in [0.5, 0.6) is 0 Å². The Bertz CT molecular complexity index is 1180. The summed E-state index contributed by atoms with van der Waals surface area (Å²) in [5.41, 5.74) is 6.23. The van der Waals surface area contributed by atoms with Gasteiger partial charge in [0.1, 0.15) is 0 Å². The highest BCUT2D eigenvalue weighted by molar-refractivity contribution is 6.31. The lowest BCUT2D eigenvalue weighted by Gasteiger charge is -2.09. The summed E-state index contributed by atoms with van der Waals surface area (Å²) in [6, 6.07) is 13.3. The number of rotatable bonds is 7. The predicted octanol–water partition coefficient (Wildman–Crippen LogP) is 5.01. The predicted molar refractivity (Wildman–Crippen MR) is 127 cm³/mol. The number of aryl methyl sites for hydroxylation is 3. The summed E-state index contributed by atoms with van der Waals surface area (Å²) in [6.45, 7) is 7.87. The number of nitrogens with zero attached hydrogens (tertiary/aromatic N) is 2. The average molecular weight is 452 g/mol. The number of halogens is 1. The van der Waals surface area contributed by atoms with E-state index in [2.05, 4.69) is 10.4 Å². The number of benzene rings is 2. The van der Waals surface area contributed by atoms with Crippen LogP contribution in [0, 0.1) is 27.7 Å². The van der Waals surface area contributed by atoms with Crippen LogP contribution in [0.4, 0.5) is 5.69 Å². The van der Waals surface area contributed by atoms with E-state index in [0.717, 1.165) is 33.6 Å². The molecule has 32 heavy (non-hydrogen) atoms. The molecule has 2 aromatic carbocycles. The Hall–Kier alpha value is -3.38. The largest absolute Gasteiger partial charge is 0.452 e. The van der Waals surface area contributed by atoms with Crippen LogP contribution in [-0.2, 0) is 20.9 Å². The highest BCUT2D eigenvalue weighted by Gasteiger charge is 2.12. The molecule has 1 heterocycles. The summed E-state index contributed by atoms with van der Waals surface area (Å²) in [5.74, 6) is -0.989. The first-order chi connectivity index (χ1) is 15.2. The number of amides is 1. The molecule has 0 aliphatic heterocycles. The summed E-state index contributed by atoms with van der Waals surface area (Å²) in [5, 5.41) is 7.98. The van der Waals surface area contributed by atoms with Gasteiger partial charge in [0, 0.05) is 28.0 Å². The van der Waals surface area contributed by atoms with Gasteiger partial charge in [0.25, 0.3) is 5.91 Å². The Morgan fingerprint density at radius 3 is 2.59 bits per heavy atom. The number of aromatic nitrogens is 2. The third kappa shape index (κ3) is 5.86. The van der Waals surface area contributed by atoms with Crippen LogP contribution in [0.1, 0.15) is 33.6 Å². The van der Waals surface area contributed by atoms with Crippen molar-refractivity contribution in [3.63, 3.8) is 0 Å². The smallest absolute Gasteiger partial charge is 0.331 e. The van der Waals surface area contributed by atoms with Gasteiger partial charge in [-0.25, -0.2) is 4.79 Å². The molecule has 0 unspecified atom stereocenters. The summed E-state index contributed by atoms with van der Waals surface area (Å²) < 4.78 is 6.92. The van der Waals surface area contributed by atoms with Crippen molar-refractivity contribution in [2.24, 2.45) is 0 Å². The SMILES string of the molecule is Cc1ccc(NC(=O)COC(=O)C=Cc2c(C)nn(Cc3ccccc3Cl)c2C)c(C)c1. The van der Waals surface area contributed by atoms with Gasteiger partial charge in [-0.1, -0.05) is 47.5 Å². The molecule has 0 atom stereocenters. The molecule has 166 valence electrons. The molecule has 1 aromatic heterocycles. The Balaban J connectivity index is 1.58. The Kier molecular flexibility index (Phi) is 7.49. The minimum absolute atomic E-state index is 0.361. The third-order valence-electron chi connectivity index (χ3n) is 5.10. The van der Waals surface area contributed by atoms with E-state index in [9.17, 15) is 9.59 Å². The lowest BCUT2D eigenvalue weighted by atomic mass is 10.1. The minimum Gasteiger partial charge on any atom is -0.452 e. The molecule has 0 radical (unpaired) electrons. The molecule has 0 bridgehead atoms. The number of esters is 1. The van der Waals surface area contributed by atoms with Crippen molar-refractivity contribution in [2.45, 2.75) is 34.2 Å². The fourth-order valence-corrected chi connectivity index (χ4v) is 3.57. The molecule has 3 rings (SSSR count). The van der Waals surface area contributed by atoms with E-state index < -0.39 is 11.9 Å². The first-order valence-corrected chi connectivity index (χ1v) is 10.6. The first kappa shape index (κ1) is 23.3. The number of carbonyl (C=O) groups excluding carboxylic acids is 2. The van der Waals surface area contributed by atoms with Crippen molar-refractivity contribution >= 4 is 35.2 Å². The molecule has 0 aliphatic carbocycles. The van der Waals surface area contributed by atoms with E-state index in [1.165, 1.54) is 6.08 Å². The summed E-state index contributed by atoms with van der Waals surface area (Å²) >= 11 is 6.25. The fraction of sp³-hybridized carbons (Fsp3) is 0.240. The van der Waals surface area contributed by atoms with Crippen molar-refractivity contribution in [2.75, 3.05) is 11.9 Å². The number of hydrogen-bond acceptors (Lipinski definition) is 4. The number of ether oxygens (including phenoxy) is 1. The molecule has 7 heteroatoms. The lowest BCUT2D eigenvalue weighted by molar-refractivity contribution is -0.142. The quantitative estimate of drug-likeness (QED) is 0.404. The molecule has 0 spiro atoms. The molecule has 0 fully saturated rings. The van der Waals surface area contributed by atoms with Gasteiger partial charge in [-0.2, -0.15) is 5.10 Å². The number of hydrogen-bond donors (Lipinski definition) is 1. The van der Waals surface area contributed by atoms with Crippen LogP contribution in [0.25, 0.3) is 6.08 Å². The molecule has 6 nitrogen and oxygen atoms in total. The zero-order valence-electron chi connectivity index (χ0n) is 18.6. The van der Waals surface area contributed by atoms with Gasteiger partial charge in [0.15, 0.2) is 6.61 Å². The van der Waals surface area contributed by atoms with Crippen molar-refractivity contribution in [1.29, 1.82) is 0 Å². The molecule has 0 saturated heterocycles. The zero-order valence-corrected chi connectivity index (χ0v) is 19.4. The van der Waals surface area contributed by atoms with Crippen molar-refractivity contribution in [1.82, 2.24) is 9.78 Å². The molecule has 1 N–H and O–H groups in total. The number of nitrogens with one attached hydrogen (secondary N) is 1. The van der Waals surface area contributed by atoms with Gasteiger partial charge in [0.2, 0.25) is 0 Å². The maximum atomic E-state index is 12.1. The maximum Gasteiger partial charge on any atom is 0.331 e. The third-order valence-corrected chi connectivity index (χ3v) is 5.47. The number of anilines is 1. The van der Waals surface area contributed by atoms with E-state index in [-0.39, 0.29) is 6.61 Å². The Labute approximate surface area is 192 Å². The van der Waals surface area contributed by atoms with Crippen LogP contribution in [0.3, 0.4) is 0 Å². The second-order valence-electron chi connectivity index (χ2n) is 7.64. The minimum atomic E-state index is -0.599. The van der Waals surface area contributed by atoms with Crippen LogP contribution >= 0.6 is 11.6 Å². The molecule has 0 aliphatic rings. The van der Waals surface area contributed by atoms with E-state index in [1.54, 1.807) is 6.08 Å². The average Bonchev–Trinajstić information content (AvgIpc) is 3.01. The molecular formula is C25H26ClN3O3. The van der Waals surface area contributed by atoms with E-state index in [4.69, 9.17) is 16.3 Å². The zero-order chi connectivity index (χ0) is 23.3. The van der Waals surface area contributed by atoms with Gasteiger partial charge in [-0.15, -0.1) is 0 Å². The molecule has 1 amide bonds. The highest BCUT2D eigenvalue weighted by atomic mass is 35.5. The Morgan fingerprint density at radius 1 is 1.12 bits per heavy atom. The topological polar surface area (TPSA) is 73.2 Å². The molecule has 3 aromatic rings. The first-order valence-electron chi connectivity index (χ1n) is 10.2. The van der Waals surface area contributed by atoms with Gasteiger partial charge in [0.05, 0.1) is 12.2 Å². The van der Waals surface area contributed by atoms with E-state index >= 15 is 0 Å². The monoisotopic (exact) mass is 451 g/mol. The van der Waals surface area contributed by atoms with Gasteiger partial charge < -0.3 is 10.1 Å². The second-order valence-corrected chi connectivity index (χ2v) is 8.05. The Morgan fingerprint density at radius 2 is 1.88 bits per heavy atom. The number of carbonyl (C=O) groups is 2. The second kappa shape index (κ2) is 10.3. The molecule has 0 saturated carbocycles. The summed E-state index contributed by atoms with van der Waals surface area (Å²) in [4.78, 5) is 24.2. The standard InChI is InChI=1S/C25H26ClN3O3/c1-16-9-11-23(17(2)13-16)27-24(30)15-32-25(31)12-10-21-18(3)28-29(19(21)4)14-20-7-5-6-8-22(20)26/h5-13H,14-15H2,1-4H3,(H,27,30). The van der Waals surface area contributed by atoms with E-state index in [1.807, 2.05) is 74.8 Å². The lowest BCUT2D eigenvalue weighted by Crippen LogP contribution is -2.20. The van der Waals surface area contributed by atoms with Gasteiger partial charge >= 0.3 is 5.97 Å². The highest BCUT2D eigenvalue weighted by Crippen LogP contribution is 2.20. The van der Waals surface area contributed by atoms with Gasteiger partial charge in [-0.05, 0) is 57.0 Å². The fourth-order valence-electron chi connectivity index (χ4n) is 3.37. The van der Waals surface area contributed by atoms with Crippen LogP contribution in [0.15, 0.2) is 48.5 Å². The maximum absolute atomic E-state index is 12.1. The van der Waals surface area contributed by atoms with Crippen LogP contribution in [0.2, 0.25) is 5.02 Å². The van der Waals surface area contributed by atoms with Crippen LogP contribution < -0.4 is 5.32 Å². The van der Waals surface area contributed by atoms with Crippen molar-refractivity contribution in [3.05, 3.63) is 87.2 Å². The summed E-state index contributed by atoms with van der Waals surface area (Å²) in [6.07, 6.45) is 2.96. The molecular weight excluding hydrogens is 426 g/mol. The van der Waals surface area contributed by atoms with Crippen molar-refractivity contribution in [3.8, 4) is 0 Å². The summed E-state index contributed by atoms with van der Waals surface area (Å²) in [7, 11) is 0. The van der Waals surface area contributed by atoms with Gasteiger partial charge in [-0.3, -0.25) is 9.48 Å².